The zero-order valence-corrected chi connectivity index (χ0v) is 18.2. The molecule has 1 aliphatic rings. The number of carbonyl (C=O) groups excluding carboxylic acids is 1. The molecule has 168 valence electrons. The van der Waals surface area contributed by atoms with Crippen LogP contribution in [0.5, 0.6) is 0 Å². The second-order valence-electron chi connectivity index (χ2n) is 8.03. The maximum Gasteiger partial charge on any atom is 0.315 e. The van der Waals surface area contributed by atoms with Crippen LogP contribution in [0.4, 0.5) is 13.2 Å². The Balaban J connectivity index is 1.83. The summed E-state index contributed by atoms with van der Waals surface area (Å²) in [4.78, 5) is 17.0. The number of hydrogen-bond donors (Lipinski definition) is 1. The summed E-state index contributed by atoms with van der Waals surface area (Å²) in [6, 6.07) is 9.28. The monoisotopic (exact) mass is 455 g/mol. The predicted molar refractivity (Wildman–Crippen MR) is 111 cm³/mol. The first-order valence-corrected chi connectivity index (χ1v) is 11.7. The molecule has 1 fully saturated rings. The van der Waals surface area contributed by atoms with E-state index in [-0.39, 0.29) is 5.75 Å². The normalized spacial score (nSPS) is 22.5. The van der Waals surface area contributed by atoms with E-state index in [1.165, 1.54) is 20.1 Å². The molecular weight excluding hydrogens is 431 g/mol. The van der Waals surface area contributed by atoms with Gasteiger partial charge in [-0.15, -0.1) is 0 Å². The van der Waals surface area contributed by atoms with Gasteiger partial charge in [-0.1, -0.05) is 30.3 Å². The second kappa shape index (κ2) is 8.58. The molecule has 3 atom stereocenters. The summed E-state index contributed by atoms with van der Waals surface area (Å²) in [7, 11) is -2.69. The van der Waals surface area contributed by atoms with Crippen molar-refractivity contribution in [3.8, 4) is 11.1 Å². The first-order valence-electron chi connectivity index (χ1n) is 9.55. The SMILES string of the molecule is CC1(C)O[C@H](c2ccc(-c3ccc(CS(C)(=N)=O)nc3)cc2)C(CF)N1C(=O)C(F)F. The van der Waals surface area contributed by atoms with Crippen LogP contribution in [0.3, 0.4) is 0 Å². The molecule has 1 amide bonds. The quantitative estimate of drug-likeness (QED) is 0.709. The minimum Gasteiger partial charge on any atom is -0.346 e. The van der Waals surface area contributed by atoms with Crippen molar-refractivity contribution in [3.05, 3.63) is 53.9 Å². The first kappa shape index (κ1) is 23.2. The summed E-state index contributed by atoms with van der Waals surface area (Å²) in [5.41, 5.74) is 1.34. The Morgan fingerprint density at radius 1 is 1.23 bits per heavy atom. The molecule has 2 unspecified atom stereocenters. The highest BCUT2D eigenvalue weighted by molar-refractivity contribution is 7.90. The molecule has 1 aliphatic heterocycles. The van der Waals surface area contributed by atoms with E-state index in [4.69, 9.17) is 9.52 Å². The van der Waals surface area contributed by atoms with Gasteiger partial charge in [0.2, 0.25) is 0 Å². The van der Waals surface area contributed by atoms with Crippen LogP contribution in [0, 0.1) is 4.78 Å². The molecule has 31 heavy (non-hydrogen) atoms. The number of nitrogens with one attached hydrogen (secondary N) is 1. The molecule has 0 spiro atoms. The van der Waals surface area contributed by atoms with Gasteiger partial charge in [0.25, 0.3) is 5.91 Å². The zero-order chi connectivity index (χ0) is 23.0. The van der Waals surface area contributed by atoms with Crippen LogP contribution >= 0.6 is 0 Å². The van der Waals surface area contributed by atoms with Crippen molar-refractivity contribution in [3.63, 3.8) is 0 Å². The zero-order valence-electron chi connectivity index (χ0n) is 17.3. The average Bonchev–Trinajstić information content (AvgIpc) is 2.97. The Hall–Kier alpha value is -2.46. The lowest BCUT2D eigenvalue weighted by molar-refractivity contribution is -0.159. The van der Waals surface area contributed by atoms with Gasteiger partial charge in [-0.05, 0) is 31.0 Å². The summed E-state index contributed by atoms with van der Waals surface area (Å²) in [6.07, 6.45) is -1.16. The van der Waals surface area contributed by atoms with E-state index in [0.717, 1.165) is 16.0 Å². The third-order valence-electron chi connectivity index (χ3n) is 5.08. The smallest absolute Gasteiger partial charge is 0.315 e. The van der Waals surface area contributed by atoms with Gasteiger partial charge in [-0.25, -0.2) is 8.60 Å². The third kappa shape index (κ3) is 5.07. The van der Waals surface area contributed by atoms with E-state index in [9.17, 15) is 22.2 Å². The van der Waals surface area contributed by atoms with Gasteiger partial charge >= 0.3 is 6.43 Å². The summed E-state index contributed by atoms with van der Waals surface area (Å²) in [5, 5.41) is 0. The number of benzene rings is 1. The van der Waals surface area contributed by atoms with Crippen molar-refractivity contribution in [2.24, 2.45) is 0 Å². The maximum atomic E-state index is 13.8. The van der Waals surface area contributed by atoms with Crippen LogP contribution in [0.1, 0.15) is 31.2 Å². The fourth-order valence-electron chi connectivity index (χ4n) is 3.78. The molecule has 0 radical (unpaired) electrons. The van der Waals surface area contributed by atoms with Crippen LogP contribution in [-0.4, -0.2) is 51.1 Å². The van der Waals surface area contributed by atoms with Gasteiger partial charge < -0.3 is 9.64 Å². The number of hydrogen-bond acceptors (Lipinski definition) is 5. The van der Waals surface area contributed by atoms with E-state index < -0.39 is 46.6 Å². The van der Waals surface area contributed by atoms with Crippen molar-refractivity contribution >= 4 is 15.6 Å². The van der Waals surface area contributed by atoms with Gasteiger partial charge in [-0.2, -0.15) is 8.78 Å². The molecule has 1 N–H and O–H groups in total. The molecule has 0 bridgehead atoms. The molecular formula is C21H24F3N3O3S. The molecule has 6 nitrogen and oxygen atoms in total. The van der Waals surface area contributed by atoms with Gasteiger partial charge in [0.15, 0.2) is 0 Å². The molecule has 1 saturated heterocycles. The lowest BCUT2D eigenvalue weighted by atomic mass is 9.99. The number of carbonyl (C=O) groups is 1. The number of halogens is 3. The lowest BCUT2D eigenvalue weighted by Crippen LogP contribution is -2.51. The van der Waals surface area contributed by atoms with Crippen molar-refractivity contribution in [2.75, 3.05) is 12.9 Å². The van der Waals surface area contributed by atoms with Crippen LogP contribution in [-0.2, 0) is 25.0 Å². The van der Waals surface area contributed by atoms with E-state index in [0.29, 0.717) is 11.3 Å². The number of pyridine rings is 1. The van der Waals surface area contributed by atoms with E-state index >= 15 is 0 Å². The largest absolute Gasteiger partial charge is 0.346 e. The molecule has 10 heteroatoms. The first-order chi connectivity index (χ1) is 14.4. The number of ether oxygens (including phenoxy) is 1. The topological polar surface area (TPSA) is 83.3 Å². The Morgan fingerprint density at radius 2 is 1.84 bits per heavy atom. The second-order valence-corrected chi connectivity index (χ2v) is 10.3. The highest BCUT2D eigenvalue weighted by Crippen LogP contribution is 2.42. The number of rotatable bonds is 6. The summed E-state index contributed by atoms with van der Waals surface area (Å²) < 4.78 is 64.7. The van der Waals surface area contributed by atoms with Gasteiger partial charge in [0, 0.05) is 27.7 Å². The van der Waals surface area contributed by atoms with Crippen LogP contribution in [0.15, 0.2) is 42.6 Å². The maximum absolute atomic E-state index is 13.8. The van der Waals surface area contributed by atoms with E-state index in [2.05, 4.69) is 4.98 Å². The van der Waals surface area contributed by atoms with Crippen molar-refractivity contribution in [1.29, 1.82) is 4.78 Å². The van der Waals surface area contributed by atoms with Crippen molar-refractivity contribution in [2.45, 2.75) is 43.9 Å². The Morgan fingerprint density at radius 3 is 2.32 bits per heavy atom. The number of alkyl halides is 3. The molecule has 1 aromatic heterocycles. The summed E-state index contributed by atoms with van der Waals surface area (Å²) in [6.45, 7) is 1.91. The fraction of sp³-hybridized carbons (Fsp3) is 0.429. The molecule has 2 heterocycles. The van der Waals surface area contributed by atoms with Crippen molar-refractivity contribution in [1.82, 2.24) is 9.88 Å². The van der Waals surface area contributed by atoms with Gasteiger partial charge in [0.1, 0.15) is 18.5 Å². The third-order valence-corrected chi connectivity index (χ3v) is 5.93. The Bertz CT molecular complexity index is 1040. The van der Waals surface area contributed by atoms with Crippen LogP contribution in [0.25, 0.3) is 11.1 Å². The number of aromatic nitrogens is 1. The molecule has 1 aromatic carbocycles. The summed E-state index contributed by atoms with van der Waals surface area (Å²) >= 11 is 0. The van der Waals surface area contributed by atoms with Crippen molar-refractivity contribution < 1.29 is 26.9 Å². The number of nitrogens with zero attached hydrogens (tertiary/aromatic N) is 2. The van der Waals surface area contributed by atoms with Gasteiger partial charge in [0.05, 0.1) is 17.5 Å². The average molecular weight is 456 g/mol. The van der Waals surface area contributed by atoms with E-state index in [1.807, 2.05) is 0 Å². The van der Waals surface area contributed by atoms with Gasteiger partial charge in [-0.3, -0.25) is 14.6 Å². The molecule has 2 aromatic rings. The number of amides is 1. The Labute approximate surface area is 179 Å². The molecule has 3 rings (SSSR count). The predicted octanol–water partition coefficient (Wildman–Crippen LogP) is 4.16. The lowest BCUT2D eigenvalue weighted by Gasteiger charge is -2.32. The minimum absolute atomic E-state index is 0.0689. The minimum atomic E-state index is -3.25. The molecule has 0 aliphatic carbocycles. The van der Waals surface area contributed by atoms with Crippen LogP contribution < -0.4 is 0 Å². The standard InChI is InChI=1S/C21H24F3N3O3S/c1-21(2)27(20(28)19(23)24)17(10-22)18(30-21)14-6-4-13(5-7-14)15-8-9-16(26-11-15)12-31(3,25)29/h4-9,11,17-19,25H,10,12H2,1-3H3/t17?,18-,31?/m1/s1. The summed E-state index contributed by atoms with van der Waals surface area (Å²) in [5.74, 6) is -1.39. The Kier molecular flexibility index (Phi) is 6.43. The van der Waals surface area contributed by atoms with Crippen LogP contribution in [0.2, 0.25) is 0 Å². The van der Waals surface area contributed by atoms with E-state index in [1.54, 1.807) is 42.6 Å². The highest BCUT2D eigenvalue weighted by atomic mass is 32.2. The highest BCUT2D eigenvalue weighted by Gasteiger charge is 2.52. The molecule has 0 saturated carbocycles. The fourth-order valence-corrected chi connectivity index (χ4v) is 4.52.